The highest BCUT2D eigenvalue weighted by Crippen LogP contribution is 2.57. The van der Waals surface area contributed by atoms with Crippen molar-refractivity contribution in [2.45, 2.75) is 116 Å². The van der Waals surface area contributed by atoms with E-state index in [4.69, 9.17) is 9.47 Å². The van der Waals surface area contributed by atoms with E-state index in [9.17, 15) is 14.4 Å². The molecular formula is C26H40O5. The van der Waals surface area contributed by atoms with Crippen molar-refractivity contribution < 1.29 is 23.9 Å². The first-order valence-electron chi connectivity index (χ1n) is 12.5. The number of carbonyl (C=O) groups is 3. The molecule has 0 radical (unpaired) electrons. The average Bonchev–Trinajstić information content (AvgIpc) is 2.66. The van der Waals surface area contributed by atoms with Gasteiger partial charge in [-0.2, -0.15) is 0 Å². The Hall–Kier alpha value is -1.39. The van der Waals surface area contributed by atoms with Gasteiger partial charge in [0.05, 0.1) is 10.8 Å². The summed E-state index contributed by atoms with van der Waals surface area (Å²) in [5.41, 5.74) is -1.81. The lowest BCUT2D eigenvalue weighted by molar-refractivity contribution is -0.199. The number of Topliss-reactive ketones (excluding diaryl/α,β-unsaturated/α-hetero) is 1. The Morgan fingerprint density at radius 3 is 2.10 bits per heavy atom. The van der Waals surface area contributed by atoms with Crippen LogP contribution in [0.1, 0.15) is 105 Å². The molecule has 5 aliphatic carbocycles. The molecule has 0 aliphatic heterocycles. The summed E-state index contributed by atoms with van der Waals surface area (Å²) in [5, 5.41) is 0. The standard InChI is InChI=1S/C26H40O5/c1-5-25(4,16-24(2,3)22(28)30-21-8-6-7-20(27)12-21)23(29)31-26-13-17-9-18(14-26)11-19(10-17)15-26/h17-19,21H,5-16H2,1-4H3. The van der Waals surface area contributed by atoms with Gasteiger partial charge in [0.25, 0.3) is 0 Å². The summed E-state index contributed by atoms with van der Waals surface area (Å²) < 4.78 is 12.1. The molecular weight excluding hydrogens is 392 g/mol. The van der Waals surface area contributed by atoms with Crippen LogP contribution in [0.2, 0.25) is 0 Å². The SMILES string of the molecule is CCC(C)(CC(C)(C)C(=O)OC1CCCC(=O)C1)C(=O)OC12CC3CC(CC(C3)C1)C2. The number of hydrogen-bond acceptors (Lipinski definition) is 5. The molecule has 0 heterocycles. The molecule has 0 spiro atoms. The minimum absolute atomic E-state index is 0.148. The summed E-state index contributed by atoms with van der Waals surface area (Å²) in [4.78, 5) is 38.2. The number of carbonyl (C=O) groups excluding carboxylic acids is 3. The number of rotatable bonds is 7. The molecule has 0 aromatic rings. The highest BCUT2D eigenvalue weighted by atomic mass is 16.6. The molecule has 174 valence electrons. The second kappa shape index (κ2) is 8.19. The Kier molecular flexibility index (Phi) is 6.02. The second-order valence-electron chi connectivity index (χ2n) is 12.1. The van der Waals surface area contributed by atoms with Crippen LogP contribution < -0.4 is 0 Å². The van der Waals surface area contributed by atoms with Gasteiger partial charge in [-0.25, -0.2) is 0 Å². The minimum atomic E-state index is -0.814. The van der Waals surface area contributed by atoms with E-state index >= 15 is 0 Å². The maximum absolute atomic E-state index is 13.5. The molecule has 4 bridgehead atoms. The van der Waals surface area contributed by atoms with Gasteiger partial charge in [0, 0.05) is 12.8 Å². The molecule has 0 aromatic carbocycles. The summed E-state index contributed by atoms with van der Waals surface area (Å²) in [7, 11) is 0. The Morgan fingerprint density at radius 2 is 1.58 bits per heavy atom. The van der Waals surface area contributed by atoms with Crippen molar-refractivity contribution >= 4 is 17.7 Å². The molecule has 0 aromatic heterocycles. The molecule has 5 rings (SSSR count). The van der Waals surface area contributed by atoms with Crippen molar-refractivity contribution in [1.82, 2.24) is 0 Å². The predicted molar refractivity (Wildman–Crippen MR) is 117 cm³/mol. The lowest BCUT2D eigenvalue weighted by Gasteiger charge is -2.56. The van der Waals surface area contributed by atoms with E-state index in [1.807, 2.05) is 27.7 Å². The fourth-order valence-corrected chi connectivity index (χ4v) is 7.26. The number of ether oxygens (including phenoxy) is 2. The van der Waals surface area contributed by atoms with E-state index in [1.54, 1.807) is 0 Å². The van der Waals surface area contributed by atoms with Crippen molar-refractivity contribution in [3.63, 3.8) is 0 Å². The summed E-state index contributed by atoms with van der Waals surface area (Å²) in [6.07, 6.45) is 10.1. The topological polar surface area (TPSA) is 69.7 Å². The Labute approximate surface area is 187 Å². The van der Waals surface area contributed by atoms with Gasteiger partial charge in [-0.1, -0.05) is 6.92 Å². The molecule has 5 heteroatoms. The molecule has 0 saturated heterocycles. The minimum Gasteiger partial charge on any atom is -0.461 e. The molecule has 0 amide bonds. The third-order valence-corrected chi connectivity index (χ3v) is 8.66. The lowest BCUT2D eigenvalue weighted by atomic mass is 9.54. The predicted octanol–water partition coefficient (Wildman–Crippen LogP) is 5.39. The third kappa shape index (κ3) is 4.71. The van der Waals surface area contributed by atoms with Crippen LogP contribution in [0.5, 0.6) is 0 Å². The summed E-state index contributed by atoms with van der Waals surface area (Å²) in [5.74, 6) is 1.87. The van der Waals surface area contributed by atoms with E-state index in [2.05, 4.69) is 0 Å². The first kappa shape index (κ1) is 22.8. The van der Waals surface area contributed by atoms with E-state index < -0.39 is 10.8 Å². The molecule has 2 unspecified atom stereocenters. The third-order valence-electron chi connectivity index (χ3n) is 8.66. The zero-order chi connectivity index (χ0) is 22.4. The monoisotopic (exact) mass is 432 g/mol. The van der Waals surface area contributed by atoms with Crippen LogP contribution in [-0.4, -0.2) is 29.4 Å². The molecule has 2 atom stereocenters. The highest BCUT2D eigenvalue weighted by molar-refractivity contribution is 5.82. The van der Waals surface area contributed by atoms with Gasteiger partial charge in [-0.05, 0) is 103 Å². The van der Waals surface area contributed by atoms with Gasteiger partial charge in [0.1, 0.15) is 17.5 Å². The van der Waals surface area contributed by atoms with Gasteiger partial charge in [0.2, 0.25) is 0 Å². The van der Waals surface area contributed by atoms with Crippen LogP contribution in [-0.2, 0) is 23.9 Å². The summed E-state index contributed by atoms with van der Waals surface area (Å²) in [6.45, 7) is 7.65. The van der Waals surface area contributed by atoms with Crippen LogP contribution in [0, 0.1) is 28.6 Å². The van der Waals surface area contributed by atoms with E-state index in [0.29, 0.717) is 25.7 Å². The highest BCUT2D eigenvalue weighted by Gasteiger charge is 2.55. The summed E-state index contributed by atoms with van der Waals surface area (Å²) >= 11 is 0. The largest absolute Gasteiger partial charge is 0.461 e. The van der Waals surface area contributed by atoms with Gasteiger partial charge >= 0.3 is 11.9 Å². The zero-order valence-corrected chi connectivity index (χ0v) is 19.8. The van der Waals surface area contributed by atoms with Crippen molar-refractivity contribution in [3.8, 4) is 0 Å². The molecule has 5 fully saturated rings. The lowest BCUT2D eigenvalue weighted by Crippen LogP contribution is -2.54. The van der Waals surface area contributed by atoms with Crippen molar-refractivity contribution in [3.05, 3.63) is 0 Å². The quantitative estimate of drug-likeness (QED) is 0.505. The van der Waals surface area contributed by atoms with E-state index in [0.717, 1.165) is 49.9 Å². The van der Waals surface area contributed by atoms with Gasteiger partial charge in [0.15, 0.2) is 0 Å². The normalized spacial score (nSPS) is 36.7. The van der Waals surface area contributed by atoms with Gasteiger partial charge in [-0.15, -0.1) is 0 Å². The van der Waals surface area contributed by atoms with Crippen molar-refractivity contribution in [2.75, 3.05) is 0 Å². The van der Waals surface area contributed by atoms with Crippen LogP contribution in [0.25, 0.3) is 0 Å². The summed E-state index contributed by atoms with van der Waals surface area (Å²) in [6, 6.07) is 0. The van der Waals surface area contributed by atoms with Gasteiger partial charge < -0.3 is 9.47 Å². The zero-order valence-electron chi connectivity index (χ0n) is 19.8. The smallest absolute Gasteiger partial charge is 0.312 e. The maximum atomic E-state index is 13.5. The first-order valence-corrected chi connectivity index (χ1v) is 12.5. The fraction of sp³-hybridized carbons (Fsp3) is 0.885. The van der Waals surface area contributed by atoms with Gasteiger partial charge in [-0.3, -0.25) is 14.4 Å². The van der Waals surface area contributed by atoms with Crippen LogP contribution in [0.4, 0.5) is 0 Å². The molecule has 31 heavy (non-hydrogen) atoms. The Bertz CT molecular complexity index is 703. The van der Waals surface area contributed by atoms with Crippen LogP contribution in [0.15, 0.2) is 0 Å². The second-order valence-corrected chi connectivity index (χ2v) is 12.1. The Morgan fingerprint density at radius 1 is 1.00 bits per heavy atom. The molecule has 0 N–H and O–H groups in total. The number of hydrogen-bond donors (Lipinski definition) is 0. The Balaban J connectivity index is 1.40. The average molecular weight is 433 g/mol. The molecule has 5 nitrogen and oxygen atoms in total. The molecule has 5 aliphatic rings. The number of ketones is 1. The fourth-order valence-electron chi connectivity index (χ4n) is 7.26. The van der Waals surface area contributed by atoms with E-state index in [-0.39, 0.29) is 29.4 Å². The van der Waals surface area contributed by atoms with Crippen molar-refractivity contribution in [2.24, 2.45) is 28.6 Å². The van der Waals surface area contributed by atoms with Crippen LogP contribution in [0.3, 0.4) is 0 Å². The molecule has 5 saturated carbocycles. The van der Waals surface area contributed by atoms with E-state index in [1.165, 1.54) is 19.3 Å². The number of esters is 2. The van der Waals surface area contributed by atoms with Crippen LogP contribution >= 0.6 is 0 Å². The van der Waals surface area contributed by atoms with Crippen molar-refractivity contribution in [1.29, 1.82) is 0 Å². The first-order chi connectivity index (χ1) is 14.5. The maximum Gasteiger partial charge on any atom is 0.312 e.